The smallest absolute Gasteiger partial charge is 0.339 e. The number of alkyl halides is 3. The molecule has 0 saturated carbocycles. The van der Waals surface area contributed by atoms with E-state index in [0.717, 1.165) is 24.2 Å². The van der Waals surface area contributed by atoms with E-state index in [4.69, 9.17) is 0 Å². The predicted molar refractivity (Wildman–Crippen MR) is 69.9 cm³/mol. The molecule has 0 N–H and O–H groups in total. The van der Waals surface area contributed by atoms with E-state index in [2.05, 4.69) is 15.1 Å². The molecule has 0 amide bonds. The van der Waals surface area contributed by atoms with Gasteiger partial charge in [-0.15, -0.1) is 0 Å². The van der Waals surface area contributed by atoms with Gasteiger partial charge >= 0.3 is 6.18 Å². The molecule has 1 saturated heterocycles. The Morgan fingerprint density at radius 3 is 2.81 bits per heavy atom. The molecule has 2 aromatic heterocycles. The van der Waals surface area contributed by atoms with Gasteiger partial charge < -0.3 is 4.90 Å². The summed E-state index contributed by atoms with van der Waals surface area (Å²) in [5, 5.41) is 4.25. The lowest BCUT2D eigenvalue weighted by Crippen LogP contribution is -2.24. The van der Waals surface area contributed by atoms with Crippen LogP contribution in [-0.2, 0) is 6.18 Å². The zero-order valence-electron chi connectivity index (χ0n) is 11.4. The fraction of sp³-hybridized carbons (Fsp3) is 0.462. The molecular formula is C13H14F3N5. The standard InChI is InChI=1S/C13H14F3N5/c1-9-6-18-21(7-9)10-3-5-20(8-10)12-17-4-2-11(19-12)13(14,15)16/h2,4,6-7,10H,3,5,8H2,1H3. The van der Waals surface area contributed by atoms with E-state index >= 15 is 0 Å². The molecule has 0 aromatic carbocycles. The molecule has 8 heteroatoms. The molecule has 2 aromatic rings. The van der Waals surface area contributed by atoms with Crippen LogP contribution in [0.25, 0.3) is 0 Å². The number of hydrogen-bond donors (Lipinski definition) is 0. The number of aromatic nitrogens is 4. The average Bonchev–Trinajstić information content (AvgIpc) is 3.06. The third kappa shape index (κ3) is 2.84. The van der Waals surface area contributed by atoms with Gasteiger partial charge in [-0.25, -0.2) is 9.97 Å². The van der Waals surface area contributed by atoms with Crippen LogP contribution in [0.3, 0.4) is 0 Å². The van der Waals surface area contributed by atoms with Crippen molar-refractivity contribution in [3.05, 3.63) is 35.9 Å². The Kier molecular flexibility index (Phi) is 3.30. The van der Waals surface area contributed by atoms with Crippen molar-refractivity contribution in [2.24, 2.45) is 0 Å². The quantitative estimate of drug-likeness (QED) is 0.854. The maximum Gasteiger partial charge on any atom is 0.433 e. The van der Waals surface area contributed by atoms with E-state index < -0.39 is 11.9 Å². The first-order chi connectivity index (χ1) is 9.93. The SMILES string of the molecule is Cc1cnn(C2CCN(c3nccc(C(F)(F)F)n3)C2)c1. The minimum absolute atomic E-state index is 0.121. The van der Waals surface area contributed by atoms with Crippen LogP contribution < -0.4 is 4.90 Å². The van der Waals surface area contributed by atoms with Gasteiger partial charge in [0.15, 0.2) is 0 Å². The minimum atomic E-state index is -4.45. The van der Waals surface area contributed by atoms with Crippen LogP contribution in [0.5, 0.6) is 0 Å². The lowest BCUT2D eigenvalue weighted by atomic mass is 10.3. The van der Waals surface area contributed by atoms with Crippen molar-refractivity contribution < 1.29 is 13.2 Å². The summed E-state index contributed by atoms with van der Waals surface area (Å²) in [6.07, 6.45) is 1.21. The van der Waals surface area contributed by atoms with E-state index in [1.807, 2.05) is 17.8 Å². The molecule has 1 fully saturated rings. The highest BCUT2D eigenvalue weighted by molar-refractivity contribution is 5.33. The molecule has 3 heterocycles. The molecular weight excluding hydrogens is 283 g/mol. The lowest BCUT2D eigenvalue weighted by molar-refractivity contribution is -0.141. The van der Waals surface area contributed by atoms with Gasteiger partial charge in [-0.05, 0) is 25.0 Å². The summed E-state index contributed by atoms with van der Waals surface area (Å²) in [7, 11) is 0. The number of halogens is 3. The molecule has 21 heavy (non-hydrogen) atoms. The van der Waals surface area contributed by atoms with Crippen molar-refractivity contribution in [2.45, 2.75) is 25.6 Å². The molecule has 0 spiro atoms. The fourth-order valence-electron chi connectivity index (χ4n) is 2.43. The normalized spacial score (nSPS) is 19.2. The van der Waals surface area contributed by atoms with Crippen LogP contribution >= 0.6 is 0 Å². The summed E-state index contributed by atoms with van der Waals surface area (Å²) in [5.41, 5.74) is 0.148. The number of rotatable bonds is 2. The molecule has 112 valence electrons. The monoisotopic (exact) mass is 297 g/mol. The highest BCUT2D eigenvalue weighted by Gasteiger charge is 2.34. The van der Waals surface area contributed by atoms with Crippen LogP contribution in [0.2, 0.25) is 0 Å². The van der Waals surface area contributed by atoms with Crippen LogP contribution in [0.15, 0.2) is 24.7 Å². The molecule has 5 nitrogen and oxygen atoms in total. The molecule has 1 aliphatic heterocycles. The van der Waals surface area contributed by atoms with E-state index in [9.17, 15) is 13.2 Å². The Hall–Kier alpha value is -2.12. The first-order valence-corrected chi connectivity index (χ1v) is 6.59. The number of aryl methyl sites for hydroxylation is 1. The minimum Gasteiger partial charge on any atom is -0.339 e. The predicted octanol–water partition coefficient (Wildman–Crippen LogP) is 2.45. The van der Waals surface area contributed by atoms with Gasteiger partial charge in [0.25, 0.3) is 0 Å². The van der Waals surface area contributed by atoms with Gasteiger partial charge in [-0.1, -0.05) is 0 Å². The second-order valence-electron chi connectivity index (χ2n) is 5.13. The maximum absolute atomic E-state index is 12.7. The van der Waals surface area contributed by atoms with Crippen molar-refractivity contribution in [3.8, 4) is 0 Å². The Labute approximate surface area is 119 Å². The third-order valence-corrected chi connectivity index (χ3v) is 3.48. The first-order valence-electron chi connectivity index (χ1n) is 6.59. The Morgan fingerprint density at radius 1 is 1.33 bits per heavy atom. The van der Waals surface area contributed by atoms with E-state index in [0.29, 0.717) is 13.1 Å². The average molecular weight is 297 g/mol. The van der Waals surface area contributed by atoms with Crippen LogP contribution in [0, 0.1) is 6.92 Å². The summed E-state index contributed by atoms with van der Waals surface area (Å²) < 4.78 is 39.9. The second-order valence-corrected chi connectivity index (χ2v) is 5.13. The van der Waals surface area contributed by atoms with Gasteiger partial charge in [-0.3, -0.25) is 4.68 Å². The van der Waals surface area contributed by atoms with E-state index in [1.165, 1.54) is 0 Å². The summed E-state index contributed by atoms with van der Waals surface area (Å²) in [5.74, 6) is 0.121. The summed E-state index contributed by atoms with van der Waals surface area (Å²) in [6.45, 7) is 3.12. The largest absolute Gasteiger partial charge is 0.433 e. The number of nitrogens with zero attached hydrogens (tertiary/aromatic N) is 5. The van der Waals surface area contributed by atoms with Crippen LogP contribution in [0.4, 0.5) is 19.1 Å². The second kappa shape index (κ2) is 5.01. The van der Waals surface area contributed by atoms with Crippen molar-refractivity contribution in [3.63, 3.8) is 0 Å². The van der Waals surface area contributed by atoms with Crippen LogP contribution in [0.1, 0.15) is 23.7 Å². The van der Waals surface area contributed by atoms with Gasteiger partial charge in [0.2, 0.25) is 5.95 Å². The van der Waals surface area contributed by atoms with Crippen molar-refractivity contribution in [1.29, 1.82) is 0 Å². The van der Waals surface area contributed by atoms with Crippen molar-refractivity contribution in [1.82, 2.24) is 19.7 Å². The Morgan fingerprint density at radius 2 is 2.14 bits per heavy atom. The molecule has 0 aliphatic carbocycles. The topological polar surface area (TPSA) is 46.8 Å². The zero-order chi connectivity index (χ0) is 15.0. The molecule has 1 unspecified atom stereocenters. The van der Waals surface area contributed by atoms with Crippen molar-refractivity contribution in [2.75, 3.05) is 18.0 Å². The Bertz CT molecular complexity index is 637. The molecule has 3 rings (SSSR count). The fourth-order valence-corrected chi connectivity index (χ4v) is 2.43. The molecule has 1 atom stereocenters. The Balaban J connectivity index is 1.77. The molecule has 0 radical (unpaired) electrons. The van der Waals surface area contributed by atoms with Gasteiger partial charge in [-0.2, -0.15) is 18.3 Å². The summed E-state index contributed by atoms with van der Waals surface area (Å²) in [4.78, 5) is 9.33. The highest BCUT2D eigenvalue weighted by Crippen LogP contribution is 2.30. The number of hydrogen-bond acceptors (Lipinski definition) is 4. The maximum atomic E-state index is 12.7. The van der Waals surface area contributed by atoms with E-state index in [1.54, 1.807) is 11.1 Å². The number of anilines is 1. The van der Waals surface area contributed by atoms with Gasteiger partial charge in [0, 0.05) is 25.5 Å². The first kappa shape index (κ1) is 13.8. The highest BCUT2D eigenvalue weighted by atomic mass is 19.4. The summed E-state index contributed by atoms with van der Waals surface area (Å²) in [6, 6.07) is 1.02. The third-order valence-electron chi connectivity index (χ3n) is 3.48. The van der Waals surface area contributed by atoms with Gasteiger partial charge in [0.05, 0.1) is 12.2 Å². The zero-order valence-corrected chi connectivity index (χ0v) is 11.4. The molecule has 1 aliphatic rings. The van der Waals surface area contributed by atoms with Gasteiger partial charge in [0.1, 0.15) is 5.69 Å². The van der Waals surface area contributed by atoms with Crippen molar-refractivity contribution >= 4 is 5.95 Å². The van der Waals surface area contributed by atoms with Crippen LogP contribution in [-0.4, -0.2) is 32.8 Å². The summed E-state index contributed by atoms with van der Waals surface area (Å²) >= 11 is 0. The van der Waals surface area contributed by atoms with E-state index in [-0.39, 0.29) is 12.0 Å². The molecule has 0 bridgehead atoms. The lowest BCUT2D eigenvalue weighted by Gasteiger charge is -2.17.